The highest BCUT2D eigenvalue weighted by atomic mass is 16.3. The van der Waals surface area contributed by atoms with E-state index in [-0.39, 0.29) is 11.9 Å². The van der Waals surface area contributed by atoms with Crippen molar-refractivity contribution in [3.8, 4) is 0 Å². The first-order valence-corrected chi connectivity index (χ1v) is 4.92. The molecular formula is C9H14N4O2. The molecule has 6 nitrogen and oxygen atoms in total. The van der Waals surface area contributed by atoms with Crippen LogP contribution in [0.25, 0.3) is 0 Å². The van der Waals surface area contributed by atoms with E-state index >= 15 is 0 Å². The fourth-order valence-electron chi connectivity index (χ4n) is 1.90. The summed E-state index contributed by atoms with van der Waals surface area (Å²) in [6, 6.07) is 0.0594. The molecule has 1 aliphatic heterocycles. The molecule has 1 amide bonds. The van der Waals surface area contributed by atoms with E-state index in [1.807, 2.05) is 6.92 Å². The van der Waals surface area contributed by atoms with E-state index in [0.29, 0.717) is 18.8 Å². The maximum atomic E-state index is 12.0. The van der Waals surface area contributed by atoms with Crippen LogP contribution in [0, 0.1) is 0 Å². The molecular weight excluding hydrogens is 196 g/mol. The van der Waals surface area contributed by atoms with Crippen LogP contribution in [0.2, 0.25) is 0 Å². The highest BCUT2D eigenvalue weighted by Crippen LogP contribution is 2.18. The number of aliphatic hydroxyl groups excluding tert-OH is 1. The molecule has 0 aliphatic carbocycles. The van der Waals surface area contributed by atoms with Crippen molar-refractivity contribution in [1.82, 2.24) is 19.7 Å². The van der Waals surface area contributed by atoms with Crippen LogP contribution in [0.5, 0.6) is 0 Å². The van der Waals surface area contributed by atoms with Crippen LogP contribution in [0.1, 0.15) is 24.0 Å². The van der Waals surface area contributed by atoms with Gasteiger partial charge in [-0.2, -0.15) is 5.10 Å². The molecule has 0 aromatic carbocycles. The number of carbonyl (C=O) groups excluding carboxylic acids is 1. The quantitative estimate of drug-likeness (QED) is 0.672. The van der Waals surface area contributed by atoms with E-state index in [4.69, 9.17) is 0 Å². The Labute approximate surface area is 87.5 Å². The van der Waals surface area contributed by atoms with E-state index in [9.17, 15) is 9.90 Å². The summed E-state index contributed by atoms with van der Waals surface area (Å²) in [7, 11) is 1.68. The molecule has 2 heterocycles. The molecule has 82 valence electrons. The predicted molar refractivity (Wildman–Crippen MR) is 52.1 cm³/mol. The highest BCUT2D eigenvalue weighted by Gasteiger charge is 2.33. The average Bonchev–Trinajstić information content (AvgIpc) is 2.71. The molecule has 1 aromatic heterocycles. The normalized spacial score (nSPS) is 25.9. The van der Waals surface area contributed by atoms with Crippen molar-refractivity contribution in [3.63, 3.8) is 0 Å². The number of aliphatic hydroxyl groups is 1. The summed E-state index contributed by atoms with van der Waals surface area (Å²) in [5.74, 6) is 0.148. The van der Waals surface area contributed by atoms with Gasteiger partial charge >= 0.3 is 0 Å². The topological polar surface area (TPSA) is 71.2 Å². The van der Waals surface area contributed by atoms with Gasteiger partial charge in [0.25, 0.3) is 5.91 Å². The van der Waals surface area contributed by atoms with E-state index in [1.54, 1.807) is 11.9 Å². The van der Waals surface area contributed by atoms with Gasteiger partial charge in [-0.1, -0.05) is 0 Å². The zero-order valence-corrected chi connectivity index (χ0v) is 8.79. The third-order valence-electron chi connectivity index (χ3n) is 2.72. The largest absolute Gasteiger partial charge is 0.391 e. The molecule has 0 spiro atoms. The summed E-state index contributed by atoms with van der Waals surface area (Å²) in [5, 5.41) is 13.3. The Morgan fingerprint density at radius 3 is 2.87 bits per heavy atom. The Morgan fingerprint density at radius 2 is 2.40 bits per heavy atom. The van der Waals surface area contributed by atoms with Gasteiger partial charge in [0.1, 0.15) is 6.33 Å². The third-order valence-corrected chi connectivity index (χ3v) is 2.72. The number of nitrogens with zero attached hydrogens (tertiary/aromatic N) is 4. The standard InChI is InChI=1S/C9H14N4O2/c1-6-3-7(14)4-13(6)9(15)8-10-5-11-12(8)2/h5-7,14H,3-4H2,1-2H3. The summed E-state index contributed by atoms with van der Waals surface area (Å²) in [6.45, 7) is 2.30. The lowest BCUT2D eigenvalue weighted by Gasteiger charge is -2.19. The number of carbonyl (C=O) groups is 1. The van der Waals surface area contributed by atoms with Gasteiger partial charge in [0.2, 0.25) is 5.82 Å². The van der Waals surface area contributed by atoms with Crippen LogP contribution >= 0.6 is 0 Å². The monoisotopic (exact) mass is 210 g/mol. The smallest absolute Gasteiger partial charge is 0.291 e. The summed E-state index contributed by atoms with van der Waals surface area (Å²) >= 11 is 0. The first-order chi connectivity index (χ1) is 7.09. The molecule has 1 saturated heterocycles. The Morgan fingerprint density at radius 1 is 1.67 bits per heavy atom. The second-order valence-corrected chi connectivity index (χ2v) is 3.90. The van der Waals surface area contributed by atoms with Crippen LogP contribution in [-0.2, 0) is 7.05 Å². The van der Waals surface area contributed by atoms with Crippen molar-refractivity contribution in [2.24, 2.45) is 7.05 Å². The van der Waals surface area contributed by atoms with Crippen LogP contribution in [-0.4, -0.2) is 49.4 Å². The third kappa shape index (κ3) is 1.72. The SMILES string of the molecule is CC1CC(O)CN1C(=O)c1ncnn1C. The zero-order valence-electron chi connectivity index (χ0n) is 8.79. The van der Waals surface area contributed by atoms with E-state index in [1.165, 1.54) is 11.0 Å². The number of likely N-dealkylation sites (tertiary alicyclic amines) is 1. The fourth-order valence-corrected chi connectivity index (χ4v) is 1.90. The van der Waals surface area contributed by atoms with E-state index in [0.717, 1.165) is 0 Å². The zero-order chi connectivity index (χ0) is 11.0. The Balaban J connectivity index is 2.19. The average molecular weight is 210 g/mol. The summed E-state index contributed by atoms with van der Waals surface area (Å²) in [5.41, 5.74) is 0. The Bertz CT molecular complexity index is 376. The van der Waals surface area contributed by atoms with Gasteiger partial charge in [-0.25, -0.2) is 9.67 Å². The van der Waals surface area contributed by atoms with Crippen molar-refractivity contribution in [2.75, 3.05) is 6.54 Å². The van der Waals surface area contributed by atoms with Gasteiger partial charge in [0.05, 0.1) is 6.10 Å². The minimum absolute atomic E-state index is 0.0594. The molecule has 2 atom stereocenters. The first kappa shape index (κ1) is 10.1. The lowest BCUT2D eigenvalue weighted by molar-refractivity contribution is 0.0709. The highest BCUT2D eigenvalue weighted by molar-refractivity contribution is 5.91. The molecule has 15 heavy (non-hydrogen) atoms. The number of amides is 1. The second kappa shape index (κ2) is 3.62. The van der Waals surface area contributed by atoms with Crippen molar-refractivity contribution in [1.29, 1.82) is 0 Å². The fraction of sp³-hybridized carbons (Fsp3) is 0.667. The van der Waals surface area contributed by atoms with E-state index < -0.39 is 6.10 Å². The number of hydrogen-bond donors (Lipinski definition) is 1. The van der Waals surface area contributed by atoms with Crippen LogP contribution < -0.4 is 0 Å². The molecule has 2 rings (SSSR count). The second-order valence-electron chi connectivity index (χ2n) is 3.90. The minimum Gasteiger partial charge on any atom is -0.391 e. The van der Waals surface area contributed by atoms with Gasteiger partial charge in [-0.15, -0.1) is 0 Å². The van der Waals surface area contributed by atoms with Crippen LogP contribution in [0.4, 0.5) is 0 Å². The molecule has 2 unspecified atom stereocenters. The molecule has 0 saturated carbocycles. The number of hydrogen-bond acceptors (Lipinski definition) is 4. The van der Waals surface area contributed by atoms with Gasteiger partial charge in [0, 0.05) is 19.6 Å². The van der Waals surface area contributed by atoms with Crippen LogP contribution in [0.15, 0.2) is 6.33 Å². The Hall–Kier alpha value is -1.43. The number of β-amino-alcohol motifs (C(OH)–C–C–N with tert-alkyl or cyclic N) is 1. The summed E-state index contributed by atoms with van der Waals surface area (Å²) in [6.07, 6.45) is 1.56. The van der Waals surface area contributed by atoms with Gasteiger partial charge in [-0.3, -0.25) is 4.79 Å². The van der Waals surface area contributed by atoms with Gasteiger partial charge < -0.3 is 10.0 Å². The molecule has 1 aliphatic rings. The molecule has 0 radical (unpaired) electrons. The molecule has 0 bridgehead atoms. The van der Waals surface area contributed by atoms with Crippen molar-refractivity contribution in [2.45, 2.75) is 25.5 Å². The lowest BCUT2D eigenvalue weighted by Crippen LogP contribution is -2.36. The maximum Gasteiger partial charge on any atom is 0.291 e. The van der Waals surface area contributed by atoms with Crippen molar-refractivity contribution < 1.29 is 9.90 Å². The molecule has 1 fully saturated rings. The maximum absolute atomic E-state index is 12.0. The van der Waals surface area contributed by atoms with Crippen LogP contribution in [0.3, 0.4) is 0 Å². The Kier molecular flexibility index (Phi) is 2.44. The molecule has 1 aromatic rings. The van der Waals surface area contributed by atoms with Crippen molar-refractivity contribution in [3.05, 3.63) is 12.2 Å². The molecule has 1 N–H and O–H groups in total. The van der Waals surface area contributed by atoms with E-state index in [2.05, 4.69) is 10.1 Å². The van der Waals surface area contributed by atoms with Gasteiger partial charge in [0.15, 0.2) is 0 Å². The predicted octanol–water partition coefficient (Wildman–Crippen LogP) is -0.590. The number of aromatic nitrogens is 3. The first-order valence-electron chi connectivity index (χ1n) is 4.92. The van der Waals surface area contributed by atoms with Gasteiger partial charge in [-0.05, 0) is 13.3 Å². The minimum atomic E-state index is -0.419. The lowest BCUT2D eigenvalue weighted by atomic mass is 10.2. The summed E-state index contributed by atoms with van der Waals surface area (Å²) < 4.78 is 1.44. The molecule has 6 heteroatoms. The summed E-state index contributed by atoms with van der Waals surface area (Å²) in [4.78, 5) is 17.5. The number of rotatable bonds is 1. The van der Waals surface area contributed by atoms with Crippen molar-refractivity contribution >= 4 is 5.91 Å². The number of aryl methyl sites for hydroxylation is 1.